The van der Waals surface area contributed by atoms with Crippen molar-refractivity contribution in [1.29, 1.82) is 0 Å². The van der Waals surface area contributed by atoms with Crippen LogP contribution in [0.15, 0.2) is 42.5 Å². The van der Waals surface area contributed by atoms with Crippen LogP contribution in [0.4, 0.5) is 13.6 Å². The number of nitrogens with one attached hydrogen (secondary N) is 2. The van der Waals surface area contributed by atoms with Gasteiger partial charge in [-0.1, -0.05) is 51.1 Å². The van der Waals surface area contributed by atoms with Crippen LogP contribution in [0.5, 0.6) is 0 Å². The highest BCUT2D eigenvalue weighted by atomic mass is 19.1. The van der Waals surface area contributed by atoms with Gasteiger partial charge in [0, 0.05) is 0 Å². The smallest absolute Gasteiger partial charge is 0.322 e. The summed E-state index contributed by atoms with van der Waals surface area (Å²) in [5.74, 6) is -3.18. The molecule has 26 heavy (non-hydrogen) atoms. The predicted octanol–water partition coefficient (Wildman–Crippen LogP) is 4.46. The number of carbonyl (C=O) groups is 2. The highest BCUT2D eigenvalue weighted by Crippen LogP contribution is 2.23. The molecule has 0 aliphatic heterocycles. The Labute approximate surface area is 151 Å². The second-order valence-electron chi connectivity index (χ2n) is 7.12. The Morgan fingerprint density at radius 1 is 0.962 bits per heavy atom. The number of rotatable bonds is 3. The van der Waals surface area contributed by atoms with Gasteiger partial charge in [0.25, 0.3) is 5.91 Å². The van der Waals surface area contributed by atoms with Gasteiger partial charge in [-0.2, -0.15) is 0 Å². The van der Waals surface area contributed by atoms with Crippen LogP contribution in [0.1, 0.15) is 55.2 Å². The third-order valence-corrected chi connectivity index (χ3v) is 4.04. The lowest BCUT2D eigenvalue weighted by Gasteiger charge is -2.20. The van der Waals surface area contributed by atoms with Crippen molar-refractivity contribution in [3.63, 3.8) is 0 Å². The SMILES string of the molecule is CC(NC(=O)NC(=O)c1c(F)cccc1F)c1ccc(C(C)(C)C)cc1. The summed E-state index contributed by atoms with van der Waals surface area (Å²) >= 11 is 0. The minimum absolute atomic E-state index is 0.0167. The Hall–Kier alpha value is -2.76. The number of hydrogen-bond donors (Lipinski definition) is 2. The van der Waals surface area contributed by atoms with Gasteiger partial charge in [0.2, 0.25) is 0 Å². The first kappa shape index (κ1) is 19.6. The average molecular weight is 360 g/mol. The van der Waals surface area contributed by atoms with Crippen LogP contribution < -0.4 is 10.6 Å². The number of benzene rings is 2. The topological polar surface area (TPSA) is 58.2 Å². The summed E-state index contributed by atoms with van der Waals surface area (Å²) in [6.07, 6.45) is 0. The largest absolute Gasteiger partial charge is 0.331 e. The lowest BCUT2D eigenvalue weighted by Crippen LogP contribution is -2.41. The van der Waals surface area contributed by atoms with Crippen LogP contribution in [0.2, 0.25) is 0 Å². The zero-order valence-corrected chi connectivity index (χ0v) is 15.2. The molecule has 0 bridgehead atoms. The van der Waals surface area contributed by atoms with E-state index in [1.54, 1.807) is 6.92 Å². The van der Waals surface area contributed by atoms with Crippen molar-refractivity contribution in [2.45, 2.75) is 39.2 Å². The van der Waals surface area contributed by atoms with Crippen LogP contribution in [0, 0.1) is 11.6 Å². The molecule has 0 saturated heterocycles. The fourth-order valence-corrected chi connectivity index (χ4v) is 2.47. The van der Waals surface area contributed by atoms with Crippen molar-refractivity contribution in [1.82, 2.24) is 10.6 Å². The lowest BCUT2D eigenvalue weighted by atomic mass is 9.86. The normalized spacial score (nSPS) is 12.4. The molecule has 0 heterocycles. The van der Waals surface area contributed by atoms with E-state index < -0.39 is 29.1 Å². The molecule has 2 aromatic carbocycles. The molecule has 2 aromatic rings. The van der Waals surface area contributed by atoms with Gasteiger partial charge in [-0.3, -0.25) is 10.1 Å². The first-order valence-electron chi connectivity index (χ1n) is 8.26. The lowest BCUT2D eigenvalue weighted by molar-refractivity contribution is 0.0955. The van der Waals surface area contributed by atoms with E-state index in [-0.39, 0.29) is 11.5 Å². The first-order chi connectivity index (χ1) is 12.1. The van der Waals surface area contributed by atoms with Gasteiger partial charge < -0.3 is 5.32 Å². The Balaban J connectivity index is 2.02. The van der Waals surface area contributed by atoms with E-state index in [1.807, 2.05) is 29.6 Å². The molecule has 2 rings (SSSR count). The van der Waals surface area contributed by atoms with Crippen molar-refractivity contribution in [3.05, 3.63) is 70.8 Å². The molecule has 138 valence electrons. The third-order valence-electron chi connectivity index (χ3n) is 4.04. The van der Waals surface area contributed by atoms with E-state index in [0.29, 0.717) is 0 Å². The number of hydrogen-bond acceptors (Lipinski definition) is 2. The number of halogens is 2. The highest BCUT2D eigenvalue weighted by Gasteiger charge is 2.20. The van der Waals surface area contributed by atoms with E-state index in [4.69, 9.17) is 0 Å². The van der Waals surface area contributed by atoms with E-state index in [2.05, 4.69) is 26.1 Å². The molecule has 1 unspecified atom stereocenters. The second kappa shape index (κ2) is 7.64. The summed E-state index contributed by atoms with van der Waals surface area (Å²) in [6.45, 7) is 8.06. The molecule has 6 heteroatoms. The molecule has 3 amide bonds. The molecular formula is C20H22F2N2O2. The summed E-state index contributed by atoms with van der Waals surface area (Å²) in [5, 5.41) is 4.52. The van der Waals surface area contributed by atoms with Gasteiger partial charge in [-0.15, -0.1) is 0 Å². The van der Waals surface area contributed by atoms with Crippen molar-refractivity contribution < 1.29 is 18.4 Å². The quantitative estimate of drug-likeness (QED) is 0.849. The maximum atomic E-state index is 13.6. The van der Waals surface area contributed by atoms with Crippen LogP contribution in [0.3, 0.4) is 0 Å². The maximum Gasteiger partial charge on any atom is 0.322 e. The summed E-state index contributed by atoms with van der Waals surface area (Å²) in [6, 6.07) is 9.58. The van der Waals surface area contributed by atoms with E-state index in [1.165, 1.54) is 0 Å². The fraction of sp³-hybridized carbons (Fsp3) is 0.300. The molecule has 0 aliphatic rings. The molecule has 1 atom stereocenters. The summed E-state index contributed by atoms with van der Waals surface area (Å²) < 4.78 is 27.2. The van der Waals surface area contributed by atoms with Crippen molar-refractivity contribution in [2.24, 2.45) is 0 Å². The second-order valence-corrected chi connectivity index (χ2v) is 7.12. The van der Waals surface area contributed by atoms with Gasteiger partial charge in [0.15, 0.2) is 0 Å². The Morgan fingerprint density at radius 2 is 1.50 bits per heavy atom. The molecule has 0 saturated carbocycles. The minimum Gasteiger partial charge on any atom is -0.331 e. The zero-order chi connectivity index (χ0) is 19.5. The van der Waals surface area contributed by atoms with Crippen molar-refractivity contribution in [3.8, 4) is 0 Å². The Bertz CT molecular complexity index is 791. The predicted molar refractivity (Wildman–Crippen MR) is 95.9 cm³/mol. The van der Waals surface area contributed by atoms with Crippen molar-refractivity contribution in [2.75, 3.05) is 0 Å². The molecule has 0 aromatic heterocycles. The average Bonchev–Trinajstić information content (AvgIpc) is 2.53. The molecule has 0 spiro atoms. The number of urea groups is 1. The maximum absolute atomic E-state index is 13.6. The third kappa shape index (κ3) is 4.65. The first-order valence-corrected chi connectivity index (χ1v) is 8.26. The highest BCUT2D eigenvalue weighted by molar-refractivity contribution is 6.04. The monoisotopic (exact) mass is 360 g/mol. The fourth-order valence-electron chi connectivity index (χ4n) is 2.47. The van der Waals surface area contributed by atoms with Crippen molar-refractivity contribution >= 4 is 11.9 Å². The van der Waals surface area contributed by atoms with Gasteiger partial charge in [0.05, 0.1) is 6.04 Å². The van der Waals surface area contributed by atoms with Crippen LogP contribution >= 0.6 is 0 Å². The van der Waals surface area contributed by atoms with Crippen LogP contribution in [-0.4, -0.2) is 11.9 Å². The standard InChI is InChI=1S/C20H22F2N2O2/c1-12(13-8-10-14(11-9-13)20(2,3)4)23-19(26)24-18(25)17-15(21)6-5-7-16(17)22/h5-12H,1-4H3,(H2,23,24,25,26). The van der Waals surface area contributed by atoms with Crippen LogP contribution in [0.25, 0.3) is 0 Å². The van der Waals surface area contributed by atoms with Gasteiger partial charge in [0.1, 0.15) is 17.2 Å². The Kier molecular flexibility index (Phi) is 5.75. The zero-order valence-electron chi connectivity index (χ0n) is 15.2. The summed E-state index contributed by atoms with van der Waals surface area (Å²) in [5.41, 5.74) is 1.23. The Morgan fingerprint density at radius 3 is 2.00 bits per heavy atom. The number of carbonyl (C=O) groups excluding carboxylic acids is 2. The van der Waals surface area contributed by atoms with Gasteiger partial charge in [-0.05, 0) is 35.6 Å². The van der Waals surface area contributed by atoms with E-state index in [0.717, 1.165) is 29.3 Å². The molecular weight excluding hydrogens is 338 g/mol. The summed E-state index contributed by atoms with van der Waals surface area (Å²) in [4.78, 5) is 23.9. The van der Waals surface area contributed by atoms with Gasteiger partial charge in [-0.25, -0.2) is 13.6 Å². The molecule has 2 N–H and O–H groups in total. The van der Waals surface area contributed by atoms with Crippen LogP contribution in [-0.2, 0) is 5.41 Å². The van der Waals surface area contributed by atoms with E-state index >= 15 is 0 Å². The van der Waals surface area contributed by atoms with E-state index in [9.17, 15) is 18.4 Å². The molecule has 0 fully saturated rings. The molecule has 0 radical (unpaired) electrons. The summed E-state index contributed by atoms with van der Waals surface area (Å²) in [7, 11) is 0. The van der Waals surface area contributed by atoms with Gasteiger partial charge >= 0.3 is 6.03 Å². The molecule has 0 aliphatic carbocycles. The number of amides is 3. The molecule has 4 nitrogen and oxygen atoms in total. The minimum atomic E-state index is -1.13. The number of imide groups is 1.